The number of fused-ring (bicyclic) bond motifs is 1. The molecule has 0 N–H and O–H groups in total. The van der Waals surface area contributed by atoms with Crippen molar-refractivity contribution in [2.24, 2.45) is 0 Å². The number of nitrogens with zero attached hydrogens (tertiary/aromatic N) is 2. The van der Waals surface area contributed by atoms with E-state index in [0.29, 0.717) is 34.2 Å². The Hall–Kier alpha value is -2.58. The maximum absolute atomic E-state index is 13.0. The summed E-state index contributed by atoms with van der Waals surface area (Å²) in [6.45, 7) is 2.30. The largest absolute Gasteiger partial charge is 0.463 e. The number of rotatable bonds is 7. The van der Waals surface area contributed by atoms with Crippen molar-refractivity contribution in [2.75, 3.05) is 20.8 Å². The van der Waals surface area contributed by atoms with Crippen LogP contribution in [-0.4, -0.2) is 36.3 Å². The van der Waals surface area contributed by atoms with Crippen LogP contribution in [-0.2, 0) is 15.2 Å². The Morgan fingerprint density at radius 2 is 2.04 bits per heavy atom. The first-order valence-electron chi connectivity index (χ1n) is 8.35. The molecule has 0 aliphatic heterocycles. The van der Waals surface area contributed by atoms with Gasteiger partial charge in [-0.3, -0.25) is 9.36 Å². The fraction of sp³-hybridized carbons (Fsp3) is 0.316. The standard InChI is InChI=1S/C19H20N2O5S/c1-12(10-24-2)21-17(22)14-6-4-5-7-15(14)20-19(21)27-11-13-8-9-16(26-13)18(23)25-3/h4-9,12H,10-11H2,1-3H3/t12-/m1/s1. The molecule has 0 fully saturated rings. The first kappa shape index (κ1) is 19.2. The van der Waals surface area contributed by atoms with Gasteiger partial charge in [-0.25, -0.2) is 9.78 Å². The van der Waals surface area contributed by atoms with E-state index in [-0.39, 0.29) is 17.4 Å². The van der Waals surface area contributed by atoms with E-state index in [0.717, 1.165) is 0 Å². The molecule has 0 aliphatic carbocycles. The van der Waals surface area contributed by atoms with Crippen molar-refractivity contribution >= 4 is 28.6 Å². The molecule has 27 heavy (non-hydrogen) atoms. The SMILES string of the molecule is COC[C@@H](C)n1c(SCc2ccc(C(=O)OC)o2)nc2ccccc2c1=O. The number of carbonyl (C=O) groups is 1. The number of hydrogen-bond donors (Lipinski definition) is 0. The van der Waals surface area contributed by atoms with Crippen LogP contribution in [0.25, 0.3) is 10.9 Å². The average molecular weight is 388 g/mol. The third-order valence-corrected chi connectivity index (χ3v) is 4.99. The fourth-order valence-electron chi connectivity index (χ4n) is 2.73. The number of para-hydroxylation sites is 1. The van der Waals surface area contributed by atoms with Gasteiger partial charge in [0.2, 0.25) is 5.76 Å². The lowest BCUT2D eigenvalue weighted by atomic mass is 10.2. The minimum absolute atomic E-state index is 0.109. The second kappa shape index (κ2) is 8.41. The Labute approximate surface area is 160 Å². The first-order valence-corrected chi connectivity index (χ1v) is 9.33. The van der Waals surface area contributed by atoms with Crippen LogP contribution in [0.2, 0.25) is 0 Å². The Kier molecular flexibility index (Phi) is 5.98. The van der Waals surface area contributed by atoms with Crippen molar-refractivity contribution in [3.8, 4) is 0 Å². The molecule has 0 saturated carbocycles. The summed E-state index contributed by atoms with van der Waals surface area (Å²) >= 11 is 1.37. The van der Waals surface area contributed by atoms with Gasteiger partial charge in [0.15, 0.2) is 5.16 Å². The predicted molar refractivity (Wildman–Crippen MR) is 102 cm³/mol. The van der Waals surface area contributed by atoms with Crippen LogP contribution in [0, 0.1) is 0 Å². The molecule has 2 heterocycles. The van der Waals surface area contributed by atoms with Crippen LogP contribution in [0.4, 0.5) is 0 Å². The van der Waals surface area contributed by atoms with E-state index >= 15 is 0 Å². The molecule has 1 aromatic carbocycles. The number of ether oxygens (including phenoxy) is 2. The maximum Gasteiger partial charge on any atom is 0.373 e. The maximum atomic E-state index is 13.0. The van der Waals surface area contributed by atoms with Crippen LogP contribution in [0.3, 0.4) is 0 Å². The third kappa shape index (κ3) is 4.06. The zero-order valence-corrected chi connectivity index (χ0v) is 16.1. The summed E-state index contributed by atoms with van der Waals surface area (Å²) in [5, 5.41) is 1.13. The van der Waals surface area contributed by atoms with Crippen LogP contribution in [0.5, 0.6) is 0 Å². The Morgan fingerprint density at radius 3 is 2.78 bits per heavy atom. The minimum Gasteiger partial charge on any atom is -0.463 e. The molecule has 0 spiro atoms. The number of carbonyl (C=O) groups excluding carboxylic acids is 1. The summed E-state index contributed by atoms with van der Waals surface area (Å²) in [6.07, 6.45) is 0. The highest BCUT2D eigenvalue weighted by Gasteiger charge is 2.18. The summed E-state index contributed by atoms with van der Waals surface area (Å²) in [4.78, 5) is 29.1. The smallest absolute Gasteiger partial charge is 0.373 e. The van der Waals surface area contributed by atoms with Gasteiger partial charge < -0.3 is 13.9 Å². The quantitative estimate of drug-likeness (QED) is 0.349. The number of benzene rings is 1. The van der Waals surface area contributed by atoms with Gasteiger partial charge in [-0.2, -0.15) is 0 Å². The zero-order chi connectivity index (χ0) is 19.4. The summed E-state index contributed by atoms with van der Waals surface area (Å²) < 4.78 is 17.0. The van der Waals surface area contributed by atoms with Crippen molar-refractivity contribution in [3.63, 3.8) is 0 Å². The number of methoxy groups -OCH3 is 2. The van der Waals surface area contributed by atoms with Crippen LogP contribution < -0.4 is 5.56 Å². The Bertz CT molecular complexity index is 1010. The highest BCUT2D eigenvalue weighted by atomic mass is 32.2. The van der Waals surface area contributed by atoms with Gasteiger partial charge in [0.05, 0.1) is 36.4 Å². The van der Waals surface area contributed by atoms with Gasteiger partial charge in [0.25, 0.3) is 5.56 Å². The van der Waals surface area contributed by atoms with Crippen molar-refractivity contribution in [2.45, 2.75) is 23.9 Å². The molecule has 2 aromatic heterocycles. The third-order valence-electron chi connectivity index (χ3n) is 4.02. The van der Waals surface area contributed by atoms with E-state index in [1.165, 1.54) is 18.9 Å². The van der Waals surface area contributed by atoms with Crippen molar-refractivity contribution < 1.29 is 18.7 Å². The molecule has 0 amide bonds. The zero-order valence-electron chi connectivity index (χ0n) is 15.3. The first-order chi connectivity index (χ1) is 13.0. The lowest BCUT2D eigenvalue weighted by molar-refractivity contribution is 0.0563. The molecule has 8 heteroatoms. The Balaban J connectivity index is 1.94. The topological polar surface area (TPSA) is 83.6 Å². The number of aromatic nitrogens is 2. The van der Waals surface area contributed by atoms with Crippen LogP contribution in [0.15, 0.2) is 50.8 Å². The second-order valence-corrected chi connectivity index (χ2v) is 6.88. The summed E-state index contributed by atoms with van der Waals surface area (Å²) in [6, 6.07) is 10.3. The van der Waals surface area contributed by atoms with Gasteiger partial charge in [0.1, 0.15) is 5.76 Å². The normalized spacial score (nSPS) is 12.3. The molecule has 3 rings (SSSR count). The van der Waals surface area contributed by atoms with Crippen molar-refractivity contribution in [3.05, 3.63) is 58.3 Å². The highest BCUT2D eigenvalue weighted by molar-refractivity contribution is 7.98. The van der Waals surface area contributed by atoms with E-state index in [9.17, 15) is 9.59 Å². The fourth-order valence-corrected chi connectivity index (χ4v) is 3.72. The van der Waals surface area contributed by atoms with Gasteiger partial charge in [0, 0.05) is 7.11 Å². The van der Waals surface area contributed by atoms with E-state index < -0.39 is 5.97 Å². The highest BCUT2D eigenvalue weighted by Crippen LogP contribution is 2.25. The average Bonchev–Trinajstić information content (AvgIpc) is 3.15. The molecular weight excluding hydrogens is 368 g/mol. The lowest BCUT2D eigenvalue weighted by Crippen LogP contribution is -2.28. The number of esters is 1. The second-order valence-electron chi connectivity index (χ2n) is 5.94. The molecular formula is C19H20N2O5S. The summed E-state index contributed by atoms with van der Waals surface area (Å²) in [7, 11) is 2.90. The van der Waals surface area contributed by atoms with Crippen LogP contribution >= 0.6 is 11.8 Å². The van der Waals surface area contributed by atoms with Gasteiger partial charge in [-0.05, 0) is 31.2 Å². The number of hydrogen-bond acceptors (Lipinski definition) is 7. The van der Waals surface area contributed by atoms with Crippen molar-refractivity contribution in [1.82, 2.24) is 9.55 Å². The molecule has 0 saturated heterocycles. The molecule has 7 nitrogen and oxygen atoms in total. The molecule has 0 aliphatic rings. The van der Waals surface area contributed by atoms with Crippen LogP contribution in [0.1, 0.15) is 29.3 Å². The Morgan fingerprint density at radius 1 is 1.26 bits per heavy atom. The number of furan rings is 1. The monoisotopic (exact) mass is 388 g/mol. The lowest BCUT2D eigenvalue weighted by Gasteiger charge is -2.18. The molecule has 0 bridgehead atoms. The molecule has 3 aromatic rings. The van der Waals surface area contributed by atoms with E-state index in [1.54, 1.807) is 29.9 Å². The van der Waals surface area contributed by atoms with Gasteiger partial charge in [-0.1, -0.05) is 23.9 Å². The number of thioether (sulfide) groups is 1. The van der Waals surface area contributed by atoms with E-state index in [4.69, 9.17) is 9.15 Å². The molecule has 0 radical (unpaired) electrons. The van der Waals surface area contributed by atoms with E-state index in [2.05, 4.69) is 9.72 Å². The molecule has 1 atom stereocenters. The summed E-state index contributed by atoms with van der Waals surface area (Å²) in [5.41, 5.74) is 0.530. The van der Waals surface area contributed by atoms with Crippen molar-refractivity contribution in [1.29, 1.82) is 0 Å². The summed E-state index contributed by atoms with van der Waals surface area (Å²) in [5.74, 6) is 0.626. The molecule has 142 valence electrons. The van der Waals surface area contributed by atoms with E-state index in [1.807, 2.05) is 25.1 Å². The predicted octanol–water partition coefficient (Wildman–Crippen LogP) is 3.28. The minimum atomic E-state index is -0.527. The van der Waals surface area contributed by atoms with Gasteiger partial charge in [-0.15, -0.1) is 0 Å². The van der Waals surface area contributed by atoms with Gasteiger partial charge >= 0.3 is 5.97 Å². The molecule has 0 unspecified atom stereocenters.